The minimum Gasteiger partial charge on any atom is -0.465 e. The number of carbonyl (C=O) groups excluding carboxylic acids is 2. The highest BCUT2D eigenvalue weighted by Gasteiger charge is 2.36. The number of halogens is 3. The molecule has 2 heterocycles. The lowest BCUT2D eigenvalue weighted by Gasteiger charge is -2.10. The van der Waals surface area contributed by atoms with E-state index in [4.69, 9.17) is 14.9 Å². The van der Waals surface area contributed by atoms with Crippen molar-refractivity contribution in [3.05, 3.63) is 71.4 Å². The Hall–Kier alpha value is -4.52. The Labute approximate surface area is 208 Å². The van der Waals surface area contributed by atoms with Crippen molar-refractivity contribution >= 4 is 11.9 Å². The Bertz CT molecular complexity index is 1440. The molecule has 0 saturated carbocycles. The molecular formula is C24H21F3N6O4. The number of alkyl halides is 3. The van der Waals surface area contributed by atoms with Gasteiger partial charge in [-0.25, -0.2) is 9.48 Å². The minimum absolute atomic E-state index is 0.0190. The van der Waals surface area contributed by atoms with Crippen molar-refractivity contribution in [1.29, 1.82) is 0 Å². The number of hydrogen-bond acceptors (Lipinski definition) is 8. The van der Waals surface area contributed by atoms with Crippen LogP contribution >= 0.6 is 0 Å². The summed E-state index contributed by atoms with van der Waals surface area (Å²) in [7, 11) is 1.24. The van der Waals surface area contributed by atoms with E-state index in [1.54, 1.807) is 36.4 Å². The molecule has 13 heteroatoms. The maximum Gasteiger partial charge on any atom is 0.435 e. The Morgan fingerprint density at radius 1 is 1.11 bits per heavy atom. The van der Waals surface area contributed by atoms with E-state index in [1.165, 1.54) is 26.2 Å². The van der Waals surface area contributed by atoms with Crippen LogP contribution in [0.1, 0.15) is 28.5 Å². The quantitative estimate of drug-likeness (QED) is 0.358. The molecule has 0 unspecified atom stereocenters. The Morgan fingerprint density at radius 2 is 1.84 bits per heavy atom. The summed E-state index contributed by atoms with van der Waals surface area (Å²) in [6, 6.07) is 12.7. The fourth-order valence-electron chi connectivity index (χ4n) is 3.36. The van der Waals surface area contributed by atoms with Gasteiger partial charge in [0, 0.05) is 18.2 Å². The highest BCUT2D eigenvalue weighted by Crippen LogP contribution is 2.34. The summed E-state index contributed by atoms with van der Waals surface area (Å²) in [5.41, 5.74) is 5.76. The zero-order valence-corrected chi connectivity index (χ0v) is 19.6. The van der Waals surface area contributed by atoms with E-state index in [0.29, 0.717) is 11.1 Å². The second-order valence-electron chi connectivity index (χ2n) is 7.99. The molecule has 37 heavy (non-hydrogen) atoms. The van der Waals surface area contributed by atoms with Gasteiger partial charge in [0.15, 0.2) is 5.69 Å². The van der Waals surface area contributed by atoms with Gasteiger partial charge in [0.05, 0.1) is 24.4 Å². The molecule has 0 spiro atoms. The maximum atomic E-state index is 13.6. The lowest BCUT2D eigenvalue weighted by atomic mass is 10.1. The molecule has 2 aromatic heterocycles. The lowest BCUT2D eigenvalue weighted by Crippen LogP contribution is -2.37. The number of nitrogens with two attached hydrogens (primary N) is 1. The highest BCUT2D eigenvalue weighted by molar-refractivity contribution is 5.90. The number of benzene rings is 2. The third kappa shape index (κ3) is 5.67. The summed E-state index contributed by atoms with van der Waals surface area (Å²) >= 11 is 0. The summed E-state index contributed by atoms with van der Waals surface area (Å²) in [5.74, 6) is -1.20. The van der Waals surface area contributed by atoms with Gasteiger partial charge in [-0.2, -0.15) is 18.3 Å². The first-order chi connectivity index (χ1) is 17.6. The average molecular weight is 514 g/mol. The Kier molecular flexibility index (Phi) is 7.07. The van der Waals surface area contributed by atoms with E-state index in [1.807, 2.05) is 0 Å². The van der Waals surface area contributed by atoms with Crippen molar-refractivity contribution in [3.63, 3.8) is 0 Å². The van der Waals surface area contributed by atoms with Gasteiger partial charge < -0.3 is 20.2 Å². The van der Waals surface area contributed by atoms with Gasteiger partial charge >= 0.3 is 12.1 Å². The lowest BCUT2D eigenvalue weighted by molar-refractivity contribution is -0.141. The molecule has 10 nitrogen and oxygen atoms in total. The van der Waals surface area contributed by atoms with Gasteiger partial charge in [-0.15, -0.1) is 10.2 Å². The van der Waals surface area contributed by atoms with Crippen molar-refractivity contribution in [3.8, 4) is 28.7 Å². The SMILES string of the molecule is COC(=O)c1cccc(-c2nnc(-c3cc(C(F)(F)F)nn3-c3cccc(CNC(=O)[C@H](C)N)c3)o2)c1. The van der Waals surface area contributed by atoms with E-state index in [9.17, 15) is 22.8 Å². The standard InChI is InChI=1S/C24H21F3N6O4/c1-13(28)20(34)29-12-14-5-3-8-17(9-14)33-18(11-19(32-33)24(25,26)27)22-31-30-21(37-22)15-6-4-7-16(10-15)23(35)36-2/h3-11,13H,12,28H2,1-2H3,(H,29,34)/t13-/m0/s1. The van der Waals surface area contributed by atoms with Crippen LogP contribution in [0.3, 0.4) is 0 Å². The molecule has 2 aromatic carbocycles. The van der Waals surface area contributed by atoms with Crippen LogP contribution in [0.2, 0.25) is 0 Å². The van der Waals surface area contributed by atoms with Gasteiger partial charge in [0.1, 0.15) is 5.69 Å². The van der Waals surface area contributed by atoms with Crippen molar-refractivity contribution in [2.45, 2.75) is 25.7 Å². The first kappa shape index (κ1) is 25.6. The van der Waals surface area contributed by atoms with Crippen LogP contribution in [0.4, 0.5) is 13.2 Å². The van der Waals surface area contributed by atoms with E-state index in [-0.39, 0.29) is 41.2 Å². The molecule has 0 aliphatic rings. The molecule has 0 aliphatic carbocycles. The average Bonchev–Trinajstić information content (AvgIpc) is 3.54. The molecule has 3 N–H and O–H groups in total. The van der Waals surface area contributed by atoms with E-state index in [2.05, 4.69) is 20.6 Å². The predicted molar refractivity (Wildman–Crippen MR) is 124 cm³/mol. The van der Waals surface area contributed by atoms with Gasteiger partial charge in [0.25, 0.3) is 5.89 Å². The van der Waals surface area contributed by atoms with E-state index in [0.717, 1.165) is 10.7 Å². The molecule has 192 valence electrons. The molecule has 4 rings (SSSR count). The number of methoxy groups -OCH3 is 1. The van der Waals surface area contributed by atoms with Crippen LogP contribution < -0.4 is 11.1 Å². The van der Waals surface area contributed by atoms with Crippen LogP contribution in [-0.2, 0) is 22.3 Å². The van der Waals surface area contributed by atoms with Crippen molar-refractivity contribution in [2.75, 3.05) is 7.11 Å². The van der Waals surface area contributed by atoms with E-state index < -0.39 is 23.9 Å². The summed E-state index contributed by atoms with van der Waals surface area (Å²) in [4.78, 5) is 23.6. The third-order valence-corrected chi connectivity index (χ3v) is 5.21. The Morgan fingerprint density at radius 3 is 2.54 bits per heavy atom. The van der Waals surface area contributed by atoms with Crippen LogP contribution in [0.25, 0.3) is 28.7 Å². The smallest absolute Gasteiger partial charge is 0.435 e. The molecule has 4 aromatic rings. The molecule has 1 atom stereocenters. The van der Waals surface area contributed by atoms with Crippen LogP contribution in [-0.4, -0.2) is 45.0 Å². The normalized spacial score (nSPS) is 12.3. The zero-order valence-electron chi connectivity index (χ0n) is 19.6. The molecule has 0 fully saturated rings. The topological polar surface area (TPSA) is 138 Å². The number of amides is 1. The number of rotatable bonds is 7. The highest BCUT2D eigenvalue weighted by atomic mass is 19.4. The van der Waals surface area contributed by atoms with Crippen molar-refractivity contribution in [1.82, 2.24) is 25.3 Å². The first-order valence-electron chi connectivity index (χ1n) is 10.9. The summed E-state index contributed by atoms with van der Waals surface area (Å²) in [5, 5.41) is 14.2. The first-order valence-corrected chi connectivity index (χ1v) is 10.9. The van der Waals surface area contributed by atoms with Crippen molar-refractivity contribution < 1.29 is 31.9 Å². The number of nitrogens with one attached hydrogen (secondary N) is 1. The summed E-state index contributed by atoms with van der Waals surface area (Å²) in [6.07, 6.45) is -4.74. The second-order valence-corrected chi connectivity index (χ2v) is 7.99. The van der Waals surface area contributed by atoms with Gasteiger partial charge in [-0.05, 0) is 42.8 Å². The molecular weight excluding hydrogens is 493 g/mol. The fraction of sp³-hybridized carbons (Fsp3) is 0.208. The molecule has 0 radical (unpaired) electrons. The third-order valence-electron chi connectivity index (χ3n) is 5.21. The number of nitrogens with zero attached hydrogens (tertiary/aromatic N) is 4. The molecule has 0 bridgehead atoms. The van der Waals surface area contributed by atoms with Crippen LogP contribution in [0, 0.1) is 0 Å². The Balaban J connectivity index is 1.72. The maximum absolute atomic E-state index is 13.6. The van der Waals surface area contributed by atoms with Gasteiger partial charge in [-0.1, -0.05) is 18.2 Å². The number of aromatic nitrogens is 4. The number of carbonyl (C=O) groups is 2. The van der Waals surface area contributed by atoms with E-state index >= 15 is 0 Å². The number of hydrogen-bond donors (Lipinski definition) is 2. The minimum atomic E-state index is -4.74. The number of ether oxygens (including phenoxy) is 1. The summed E-state index contributed by atoms with van der Waals surface area (Å²) in [6.45, 7) is 1.64. The predicted octanol–water partition coefficient (Wildman–Crippen LogP) is 3.36. The van der Waals surface area contributed by atoms with Crippen LogP contribution in [0.15, 0.2) is 59.0 Å². The largest absolute Gasteiger partial charge is 0.465 e. The van der Waals surface area contributed by atoms with Crippen molar-refractivity contribution in [2.24, 2.45) is 5.73 Å². The number of esters is 1. The fourth-order valence-corrected chi connectivity index (χ4v) is 3.36. The molecule has 1 amide bonds. The van der Waals surface area contributed by atoms with Gasteiger partial charge in [-0.3, -0.25) is 4.79 Å². The van der Waals surface area contributed by atoms with Crippen LogP contribution in [0.5, 0.6) is 0 Å². The second kappa shape index (κ2) is 10.2. The zero-order chi connectivity index (χ0) is 26.7. The monoisotopic (exact) mass is 514 g/mol. The van der Waals surface area contributed by atoms with Gasteiger partial charge in [0.2, 0.25) is 11.8 Å². The molecule has 0 saturated heterocycles. The summed E-state index contributed by atoms with van der Waals surface area (Å²) < 4.78 is 52.1. The molecule has 0 aliphatic heterocycles.